The van der Waals surface area contributed by atoms with Crippen LogP contribution >= 0.6 is 11.8 Å². The van der Waals surface area contributed by atoms with E-state index in [1.54, 1.807) is 0 Å². The molecule has 0 aromatic carbocycles. The Balaban J connectivity index is 2.30. The van der Waals surface area contributed by atoms with Gasteiger partial charge >= 0.3 is 0 Å². The Labute approximate surface area is 110 Å². The molecule has 0 amide bonds. The van der Waals surface area contributed by atoms with Gasteiger partial charge in [-0.2, -0.15) is 11.8 Å². The molecule has 1 atom stereocenters. The van der Waals surface area contributed by atoms with Crippen molar-refractivity contribution < 1.29 is 0 Å². The van der Waals surface area contributed by atoms with Crippen molar-refractivity contribution in [3.05, 3.63) is 23.9 Å². The van der Waals surface area contributed by atoms with Crippen LogP contribution in [0, 0.1) is 5.92 Å². The van der Waals surface area contributed by atoms with Gasteiger partial charge in [-0.05, 0) is 29.7 Å². The lowest BCUT2D eigenvalue weighted by Gasteiger charge is -2.08. The van der Waals surface area contributed by atoms with Gasteiger partial charge in [0.05, 0.1) is 0 Å². The summed E-state index contributed by atoms with van der Waals surface area (Å²) in [6, 6.07) is 4.25. The van der Waals surface area contributed by atoms with Gasteiger partial charge in [0.25, 0.3) is 0 Å². The largest absolute Gasteiger partial charge is 0.370 e. The molecule has 96 valence electrons. The van der Waals surface area contributed by atoms with E-state index in [1.807, 2.05) is 18.0 Å². The lowest BCUT2D eigenvalue weighted by molar-refractivity contribution is 0.637. The molecule has 0 aliphatic heterocycles. The number of aromatic nitrogens is 1. The second-order valence-corrected chi connectivity index (χ2v) is 5.54. The molecule has 1 aromatic rings. The zero-order valence-electron chi connectivity index (χ0n) is 11.2. The van der Waals surface area contributed by atoms with Crippen LogP contribution in [0.15, 0.2) is 18.3 Å². The third-order valence-electron chi connectivity index (χ3n) is 2.75. The molecule has 0 radical (unpaired) electrons. The summed E-state index contributed by atoms with van der Waals surface area (Å²) in [5, 5.41) is 3.29. The molecule has 1 rings (SSSR count). The van der Waals surface area contributed by atoms with Crippen LogP contribution < -0.4 is 5.32 Å². The zero-order chi connectivity index (χ0) is 12.5. The number of thioether (sulfide) groups is 1. The Morgan fingerprint density at radius 2 is 2.18 bits per heavy atom. The summed E-state index contributed by atoms with van der Waals surface area (Å²) in [6.07, 6.45) is 4.39. The summed E-state index contributed by atoms with van der Waals surface area (Å²) < 4.78 is 0. The second-order valence-electron chi connectivity index (χ2n) is 4.51. The average Bonchev–Trinajstić information content (AvgIpc) is 2.37. The standard InChI is InChI=1S/C14H24N2S/c1-4-8-15-14-7-6-13(9-16-14)11-17-10-12(3)5-2/h6-7,9,12H,4-5,8,10-11H2,1-3H3,(H,15,16). The van der Waals surface area contributed by atoms with Crippen molar-refractivity contribution in [3.63, 3.8) is 0 Å². The summed E-state index contributed by atoms with van der Waals surface area (Å²) in [5.74, 6) is 4.12. The van der Waals surface area contributed by atoms with E-state index in [0.29, 0.717) is 0 Å². The van der Waals surface area contributed by atoms with Crippen molar-refractivity contribution in [2.45, 2.75) is 39.4 Å². The average molecular weight is 252 g/mol. The van der Waals surface area contributed by atoms with E-state index in [9.17, 15) is 0 Å². The predicted octanol–water partition coefficient (Wildman–Crippen LogP) is 4.18. The van der Waals surface area contributed by atoms with Crippen molar-refractivity contribution in [3.8, 4) is 0 Å². The Hall–Kier alpha value is -0.700. The molecule has 0 spiro atoms. The molecule has 0 aliphatic carbocycles. The minimum atomic E-state index is 0.818. The Morgan fingerprint density at radius 3 is 2.76 bits per heavy atom. The molecular formula is C14H24N2S. The molecule has 3 heteroatoms. The summed E-state index contributed by atoms with van der Waals surface area (Å²) >= 11 is 2.00. The van der Waals surface area contributed by atoms with Gasteiger partial charge in [-0.25, -0.2) is 4.98 Å². The van der Waals surface area contributed by atoms with Crippen LogP contribution in [-0.2, 0) is 5.75 Å². The number of pyridine rings is 1. The summed E-state index contributed by atoms with van der Waals surface area (Å²) in [4.78, 5) is 4.41. The highest BCUT2D eigenvalue weighted by Gasteiger charge is 2.00. The topological polar surface area (TPSA) is 24.9 Å². The van der Waals surface area contributed by atoms with Crippen molar-refractivity contribution in [1.29, 1.82) is 0 Å². The van der Waals surface area contributed by atoms with Gasteiger partial charge in [0.15, 0.2) is 0 Å². The first kappa shape index (κ1) is 14.4. The fourth-order valence-corrected chi connectivity index (χ4v) is 2.53. The SMILES string of the molecule is CCCNc1ccc(CSCC(C)CC)cn1. The van der Waals surface area contributed by atoms with Crippen LogP contribution in [0.1, 0.15) is 39.2 Å². The zero-order valence-corrected chi connectivity index (χ0v) is 12.0. The van der Waals surface area contributed by atoms with Crippen LogP contribution in [0.4, 0.5) is 5.82 Å². The fourth-order valence-electron chi connectivity index (χ4n) is 1.36. The number of anilines is 1. The molecule has 1 aromatic heterocycles. The van der Waals surface area contributed by atoms with E-state index < -0.39 is 0 Å². The summed E-state index contributed by atoms with van der Waals surface area (Å²) in [5.41, 5.74) is 1.32. The molecule has 2 nitrogen and oxygen atoms in total. The molecule has 0 fully saturated rings. The van der Waals surface area contributed by atoms with Crippen LogP contribution in [0.25, 0.3) is 0 Å². The van der Waals surface area contributed by atoms with Gasteiger partial charge < -0.3 is 5.32 Å². The van der Waals surface area contributed by atoms with Gasteiger partial charge in [-0.3, -0.25) is 0 Å². The second kappa shape index (κ2) is 8.40. The van der Waals surface area contributed by atoms with E-state index in [0.717, 1.165) is 30.5 Å². The van der Waals surface area contributed by atoms with E-state index in [2.05, 4.69) is 43.2 Å². The van der Waals surface area contributed by atoms with Gasteiger partial charge in [0, 0.05) is 18.5 Å². The highest BCUT2D eigenvalue weighted by Crippen LogP contribution is 2.17. The van der Waals surface area contributed by atoms with Crippen molar-refractivity contribution in [2.75, 3.05) is 17.6 Å². The van der Waals surface area contributed by atoms with Crippen LogP contribution in [-0.4, -0.2) is 17.3 Å². The monoisotopic (exact) mass is 252 g/mol. The molecule has 1 unspecified atom stereocenters. The van der Waals surface area contributed by atoms with Crippen LogP contribution in [0.2, 0.25) is 0 Å². The first-order valence-corrected chi connectivity index (χ1v) is 7.68. The van der Waals surface area contributed by atoms with E-state index in [1.165, 1.54) is 17.7 Å². The summed E-state index contributed by atoms with van der Waals surface area (Å²) in [6.45, 7) is 7.71. The normalized spacial score (nSPS) is 12.4. The van der Waals surface area contributed by atoms with Crippen molar-refractivity contribution in [1.82, 2.24) is 4.98 Å². The smallest absolute Gasteiger partial charge is 0.125 e. The highest BCUT2D eigenvalue weighted by molar-refractivity contribution is 7.98. The predicted molar refractivity (Wildman–Crippen MR) is 78.6 cm³/mol. The lowest BCUT2D eigenvalue weighted by Crippen LogP contribution is -2.01. The number of hydrogen-bond donors (Lipinski definition) is 1. The Morgan fingerprint density at radius 1 is 1.35 bits per heavy atom. The number of nitrogens with one attached hydrogen (secondary N) is 1. The number of hydrogen-bond acceptors (Lipinski definition) is 3. The molecule has 17 heavy (non-hydrogen) atoms. The molecular weight excluding hydrogens is 228 g/mol. The minimum Gasteiger partial charge on any atom is -0.370 e. The Bertz CT molecular complexity index is 298. The third-order valence-corrected chi connectivity index (χ3v) is 4.09. The molecule has 0 aliphatic rings. The van der Waals surface area contributed by atoms with Crippen molar-refractivity contribution >= 4 is 17.6 Å². The molecule has 1 heterocycles. The molecule has 0 bridgehead atoms. The maximum Gasteiger partial charge on any atom is 0.125 e. The first-order chi connectivity index (χ1) is 8.26. The third kappa shape index (κ3) is 5.97. The van der Waals surface area contributed by atoms with Gasteiger partial charge in [0.1, 0.15) is 5.82 Å². The fraction of sp³-hybridized carbons (Fsp3) is 0.643. The summed E-state index contributed by atoms with van der Waals surface area (Å²) in [7, 11) is 0. The van der Waals surface area contributed by atoms with E-state index in [4.69, 9.17) is 0 Å². The Kier molecular flexibility index (Phi) is 7.10. The van der Waals surface area contributed by atoms with Crippen LogP contribution in [0.3, 0.4) is 0 Å². The highest BCUT2D eigenvalue weighted by atomic mass is 32.2. The maximum absolute atomic E-state index is 4.41. The van der Waals surface area contributed by atoms with Crippen molar-refractivity contribution in [2.24, 2.45) is 5.92 Å². The van der Waals surface area contributed by atoms with E-state index in [-0.39, 0.29) is 0 Å². The lowest BCUT2D eigenvalue weighted by atomic mass is 10.2. The van der Waals surface area contributed by atoms with Crippen LogP contribution in [0.5, 0.6) is 0 Å². The number of nitrogens with zero attached hydrogens (tertiary/aromatic N) is 1. The van der Waals surface area contributed by atoms with E-state index >= 15 is 0 Å². The molecule has 0 saturated carbocycles. The molecule has 0 saturated heterocycles. The number of rotatable bonds is 8. The minimum absolute atomic E-state index is 0.818. The van der Waals surface area contributed by atoms with Gasteiger partial charge in [-0.15, -0.1) is 0 Å². The first-order valence-electron chi connectivity index (χ1n) is 6.52. The molecule has 1 N–H and O–H groups in total. The van der Waals surface area contributed by atoms with Gasteiger partial charge in [-0.1, -0.05) is 33.3 Å². The maximum atomic E-state index is 4.41. The quantitative estimate of drug-likeness (QED) is 0.751. The van der Waals surface area contributed by atoms with Gasteiger partial charge in [0.2, 0.25) is 0 Å².